The van der Waals surface area contributed by atoms with Gasteiger partial charge in [-0.3, -0.25) is 0 Å². The van der Waals surface area contributed by atoms with Gasteiger partial charge in [0.2, 0.25) is 0 Å². The molecule has 0 aliphatic heterocycles. The number of hydrogen-bond acceptors (Lipinski definition) is 2. The third-order valence-corrected chi connectivity index (χ3v) is 1.72. The molecule has 56 valence electrons. The molecule has 0 fully saturated rings. The Kier molecular flexibility index (Phi) is 1.28. The Balaban J connectivity index is 2.76. The van der Waals surface area contributed by atoms with Crippen molar-refractivity contribution in [3.05, 3.63) is 24.5 Å². The van der Waals surface area contributed by atoms with Crippen LogP contribution in [0.4, 0.5) is 5.69 Å². The molecule has 2 rings (SSSR count). The number of aromatic nitrogens is 2. The SMILES string of the molecule is CNc1c[nH]c2ncccc12. The van der Waals surface area contributed by atoms with E-state index in [9.17, 15) is 0 Å². The highest BCUT2D eigenvalue weighted by Crippen LogP contribution is 2.19. The number of nitrogens with one attached hydrogen (secondary N) is 2. The molecule has 0 atom stereocenters. The fourth-order valence-corrected chi connectivity index (χ4v) is 1.16. The van der Waals surface area contributed by atoms with Gasteiger partial charge >= 0.3 is 0 Å². The molecule has 0 spiro atoms. The number of nitrogens with zero attached hydrogens (tertiary/aromatic N) is 1. The van der Waals surface area contributed by atoms with Crippen LogP contribution in [0.2, 0.25) is 0 Å². The summed E-state index contributed by atoms with van der Waals surface area (Å²) in [5.41, 5.74) is 2.02. The number of rotatable bonds is 1. The Morgan fingerprint density at radius 3 is 3.27 bits per heavy atom. The molecule has 3 heteroatoms. The van der Waals surface area contributed by atoms with Gasteiger partial charge in [0.1, 0.15) is 5.65 Å². The van der Waals surface area contributed by atoms with Gasteiger partial charge in [0.05, 0.1) is 5.69 Å². The Morgan fingerprint density at radius 2 is 2.45 bits per heavy atom. The maximum absolute atomic E-state index is 4.15. The first kappa shape index (κ1) is 6.22. The lowest BCUT2D eigenvalue weighted by Gasteiger charge is -1.93. The molecule has 0 unspecified atom stereocenters. The third kappa shape index (κ3) is 0.852. The van der Waals surface area contributed by atoms with Crippen molar-refractivity contribution in [3.8, 4) is 0 Å². The van der Waals surface area contributed by atoms with Gasteiger partial charge in [0.15, 0.2) is 0 Å². The standard InChI is InChI=1S/C8H9N3/c1-9-7-5-11-8-6(7)3-2-4-10-8/h2-5,9H,1H3,(H,10,11). The van der Waals surface area contributed by atoms with Gasteiger partial charge < -0.3 is 10.3 Å². The van der Waals surface area contributed by atoms with Crippen LogP contribution < -0.4 is 5.32 Å². The minimum Gasteiger partial charge on any atom is -0.386 e. The number of hydrogen-bond donors (Lipinski definition) is 2. The van der Waals surface area contributed by atoms with Gasteiger partial charge in [-0.1, -0.05) is 0 Å². The Hall–Kier alpha value is -1.51. The van der Waals surface area contributed by atoms with Crippen LogP contribution in [0.25, 0.3) is 11.0 Å². The molecular formula is C8H9N3. The normalized spacial score (nSPS) is 10.3. The van der Waals surface area contributed by atoms with Gasteiger partial charge in [-0.25, -0.2) is 4.98 Å². The van der Waals surface area contributed by atoms with Crippen LogP contribution in [-0.4, -0.2) is 17.0 Å². The zero-order valence-electron chi connectivity index (χ0n) is 6.26. The quantitative estimate of drug-likeness (QED) is 0.643. The first-order valence-corrected chi connectivity index (χ1v) is 3.51. The zero-order chi connectivity index (χ0) is 7.68. The lowest BCUT2D eigenvalue weighted by molar-refractivity contribution is 1.32. The summed E-state index contributed by atoms with van der Waals surface area (Å²) in [7, 11) is 1.90. The number of fused-ring (bicyclic) bond motifs is 1. The van der Waals surface area contributed by atoms with E-state index >= 15 is 0 Å². The molecule has 11 heavy (non-hydrogen) atoms. The van der Waals surface area contributed by atoms with Crippen LogP contribution in [0.1, 0.15) is 0 Å². The summed E-state index contributed by atoms with van der Waals surface area (Å²) in [5.74, 6) is 0. The van der Waals surface area contributed by atoms with E-state index in [0.29, 0.717) is 0 Å². The van der Waals surface area contributed by atoms with E-state index in [1.165, 1.54) is 0 Å². The molecule has 0 aromatic carbocycles. The van der Waals surface area contributed by atoms with E-state index in [-0.39, 0.29) is 0 Å². The molecule has 2 N–H and O–H groups in total. The summed E-state index contributed by atoms with van der Waals surface area (Å²) in [6.07, 6.45) is 3.69. The first-order chi connectivity index (χ1) is 5.42. The van der Waals surface area contributed by atoms with Gasteiger partial charge in [0.25, 0.3) is 0 Å². The fourth-order valence-electron chi connectivity index (χ4n) is 1.16. The van der Waals surface area contributed by atoms with E-state index in [0.717, 1.165) is 16.7 Å². The Bertz CT molecular complexity index is 364. The number of pyridine rings is 1. The topological polar surface area (TPSA) is 40.7 Å². The second-order valence-corrected chi connectivity index (χ2v) is 2.35. The first-order valence-electron chi connectivity index (χ1n) is 3.51. The van der Waals surface area contributed by atoms with Gasteiger partial charge in [-0.05, 0) is 12.1 Å². The molecule has 0 saturated carbocycles. The van der Waals surface area contributed by atoms with Gasteiger partial charge in [-0.2, -0.15) is 0 Å². The van der Waals surface area contributed by atoms with Crippen LogP contribution in [0, 0.1) is 0 Å². The lowest BCUT2D eigenvalue weighted by atomic mass is 10.3. The van der Waals surface area contributed by atoms with E-state index in [4.69, 9.17) is 0 Å². The van der Waals surface area contributed by atoms with Crippen LogP contribution in [0.15, 0.2) is 24.5 Å². The average Bonchev–Trinajstić information content (AvgIpc) is 2.47. The summed E-state index contributed by atoms with van der Waals surface area (Å²) >= 11 is 0. The fraction of sp³-hybridized carbons (Fsp3) is 0.125. The predicted molar refractivity (Wildman–Crippen MR) is 45.6 cm³/mol. The molecule has 3 nitrogen and oxygen atoms in total. The molecule has 0 saturated heterocycles. The molecule has 2 aromatic rings. The smallest absolute Gasteiger partial charge is 0.139 e. The lowest BCUT2D eigenvalue weighted by Crippen LogP contribution is -1.84. The summed E-state index contributed by atoms with van der Waals surface area (Å²) in [4.78, 5) is 7.22. The molecule has 0 bridgehead atoms. The Morgan fingerprint density at radius 1 is 1.55 bits per heavy atom. The van der Waals surface area contributed by atoms with Gasteiger partial charge in [0, 0.05) is 24.8 Å². The molecule has 0 radical (unpaired) electrons. The van der Waals surface area contributed by atoms with Crippen molar-refractivity contribution in [1.82, 2.24) is 9.97 Å². The molecule has 2 aromatic heterocycles. The minimum absolute atomic E-state index is 0.928. The second kappa shape index (κ2) is 2.27. The number of anilines is 1. The van der Waals surface area contributed by atoms with Crippen molar-refractivity contribution in [3.63, 3.8) is 0 Å². The van der Waals surface area contributed by atoms with Crippen LogP contribution in [0.5, 0.6) is 0 Å². The van der Waals surface area contributed by atoms with Crippen LogP contribution >= 0.6 is 0 Å². The van der Waals surface area contributed by atoms with E-state index < -0.39 is 0 Å². The van der Waals surface area contributed by atoms with Crippen molar-refractivity contribution < 1.29 is 0 Å². The van der Waals surface area contributed by atoms with Crippen LogP contribution in [-0.2, 0) is 0 Å². The summed E-state index contributed by atoms with van der Waals surface area (Å²) < 4.78 is 0. The van der Waals surface area contributed by atoms with Crippen molar-refractivity contribution in [2.24, 2.45) is 0 Å². The van der Waals surface area contributed by atoms with Crippen molar-refractivity contribution in [1.29, 1.82) is 0 Å². The molecule has 0 amide bonds. The predicted octanol–water partition coefficient (Wildman–Crippen LogP) is 1.60. The highest BCUT2D eigenvalue weighted by atomic mass is 14.9. The maximum Gasteiger partial charge on any atom is 0.139 e. The second-order valence-electron chi connectivity index (χ2n) is 2.35. The monoisotopic (exact) mass is 147 g/mol. The van der Waals surface area contributed by atoms with Crippen molar-refractivity contribution >= 4 is 16.7 Å². The van der Waals surface area contributed by atoms with Crippen LogP contribution in [0.3, 0.4) is 0 Å². The molecule has 2 heterocycles. The maximum atomic E-state index is 4.15. The minimum atomic E-state index is 0.928. The summed E-state index contributed by atoms with van der Waals surface area (Å²) in [6, 6.07) is 3.96. The average molecular weight is 147 g/mol. The molecule has 0 aliphatic carbocycles. The van der Waals surface area contributed by atoms with E-state index in [2.05, 4.69) is 15.3 Å². The highest BCUT2D eigenvalue weighted by Gasteiger charge is 1.99. The van der Waals surface area contributed by atoms with E-state index in [1.54, 1.807) is 6.20 Å². The summed E-state index contributed by atoms with van der Waals surface area (Å²) in [5, 5.41) is 4.21. The zero-order valence-corrected chi connectivity index (χ0v) is 6.26. The largest absolute Gasteiger partial charge is 0.386 e. The molecular weight excluding hydrogens is 138 g/mol. The van der Waals surface area contributed by atoms with Crippen molar-refractivity contribution in [2.45, 2.75) is 0 Å². The number of aromatic amines is 1. The van der Waals surface area contributed by atoms with E-state index in [1.807, 2.05) is 25.4 Å². The summed E-state index contributed by atoms with van der Waals surface area (Å²) in [6.45, 7) is 0. The van der Waals surface area contributed by atoms with Gasteiger partial charge in [-0.15, -0.1) is 0 Å². The molecule has 0 aliphatic rings. The highest BCUT2D eigenvalue weighted by molar-refractivity contribution is 5.89. The third-order valence-electron chi connectivity index (χ3n) is 1.72. The Labute approximate surface area is 64.5 Å². The number of H-pyrrole nitrogens is 1. The van der Waals surface area contributed by atoms with Crippen molar-refractivity contribution in [2.75, 3.05) is 12.4 Å².